The zero-order valence-corrected chi connectivity index (χ0v) is 12.1. The molecule has 18 heavy (non-hydrogen) atoms. The van der Waals surface area contributed by atoms with E-state index in [0.717, 1.165) is 17.1 Å². The predicted molar refractivity (Wildman–Crippen MR) is 79.2 cm³/mol. The van der Waals surface area contributed by atoms with Crippen molar-refractivity contribution in [2.45, 2.75) is 17.9 Å². The fraction of sp³-hybridized carbons (Fsp3) is 0.231. The molecule has 5 heteroatoms. The van der Waals surface area contributed by atoms with Crippen LogP contribution < -0.4 is 0 Å². The van der Waals surface area contributed by atoms with Gasteiger partial charge in [-0.3, -0.25) is 4.99 Å². The van der Waals surface area contributed by atoms with Gasteiger partial charge in [0, 0.05) is 11.8 Å². The minimum atomic E-state index is 0.135. The lowest BCUT2D eigenvalue weighted by molar-refractivity contribution is 0.525. The molecule has 3 rings (SSSR count). The molecule has 92 valence electrons. The molecule has 0 radical (unpaired) electrons. The summed E-state index contributed by atoms with van der Waals surface area (Å²) in [5.41, 5.74) is 1.91. The van der Waals surface area contributed by atoms with Crippen molar-refractivity contribution in [1.82, 2.24) is 4.90 Å². The average molecular weight is 325 g/mol. The average Bonchev–Trinajstić information content (AvgIpc) is 2.68. The minimum absolute atomic E-state index is 0.135. The molecule has 2 aliphatic heterocycles. The van der Waals surface area contributed by atoms with Crippen LogP contribution in [0.1, 0.15) is 12.5 Å². The standard InChI is InChI=1S/C13H11BrClN3/c1-8-11(14)18-7-10(9-5-3-2-4-6-9)17-12(15)13(18)16-8/h2-8,11H,1H3. The molecule has 2 unspecified atom stereocenters. The Morgan fingerprint density at radius 3 is 2.72 bits per heavy atom. The first-order valence-electron chi connectivity index (χ1n) is 5.69. The molecule has 0 fully saturated rings. The van der Waals surface area contributed by atoms with Crippen molar-refractivity contribution in [2.24, 2.45) is 9.98 Å². The molecule has 0 bridgehead atoms. The lowest BCUT2D eigenvalue weighted by Crippen LogP contribution is -2.34. The van der Waals surface area contributed by atoms with Gasteiger partial charge in [-0.25, -0.2) is 4.99 Å². The van der Waals surface area contributed by atoms with E-state index in [1.54, 1.807) is 0 Å². The molecule has 1 aromatic rings. The molecule has 2 heterocycles. The van der Waals surface area contributed by atoms with E-state index in [-0.39, 0.29) is 11.0 Å². The van der Waals surface area contributed by atoms with Gasteiger partial charge in [-0.1, -0.05) is 57.9 Å². The second kappa shape index (κ2) is 4.52. The number of hydrogen-bond donors (Lipinski definition) is 0. The van der Waals surface area contributed by atoms with Gasteiger partial charge in [0.2, 0.25) is 0 Å². The van der Waals surface area contributed by atoms with Crippen LogP contribution in [0.25, 0.3) is 5.70 Å². The molecule has 2 atom stereocenters. The zero-order valence-electron chi connectivity index (χ0n) is 9.72. The van der Waals surface area contributed by atoms with E-state index in [1.807, 2.05) is 48.4 Å². The van der Waals surface area contributed by atoms with Crippen molar-refractivity contribution in [2.75, 3.05) is 0 Å². The number of fused-ring (bicyclic) bond motifs is 1. The number of nitrogens with zero attached hydrogens (tertiary/aromatic N) is 3. The fourth-order valence-corrected chi connectivity index (χ4v) is 2.69. The number of amidine groups is 1. The molecule has 0 spiro atoms. The first-order valence-corrected chi connectivity index (χ1v) is 6.98. The van der Waals surface area contributed by atoms with Gasteiger partial charge in [-0.05, 0) is 6.92 Å². The summed E-state index contributed by atoms with van der Waals surface area (Å²) in [5.74, 6) is 0.741. The van der Waals surface area contributed by atoms with Gasteiger partial charge in [0.25, 0.3) is 0 Å². The number of halogens is 2. The molecular weight excluding hydrogens is 314 g/mol. The van der Waals surface area contributed by atoms with Crippen LogP contribution >= 0.6 is 27.5 Å². The quantitative estimate of drug-likeness (QED) is 0.574. The van der Waals surface area contributed by atoms with Crippen LogP contribution in [-0.4, -0.2) is 26.9 Å². The zero-order chi connectivity index (χ0) is 12.7. The van der Waals surface area contributed by atoms with Gasteiger partial charge in [0.1, 0.15) is 4.95 Å². The third kappa shape index (κ3) is 1.89. The Bertz CT molecular complexity index is 565. The maximum atomic E-state index is 6.21. The third-order valence-electron chi connectivity index (χ3n) is 2.97. The second-order valence-electron chi connectivity index (χ2n) is 4.26. The lowest BCUT2D eigenvalue weighted by atomic mass is 10.1. The Morgan fingerprint density at radius 2 is 2.00 bits per heavy atom. The van der Waals surface area contributed by atoms with Crippen molar-refractivity contribution >= 4 is 44.2 Å². The van der Waals surface area contributed by atoms with Crippen LogP contribution in [0.5, 0.6) is 0 Å². The summed E-state index contributed by atoms with van der Waals surface area (Å²) in [5, 5.41) is 0.449. The Kier molecular flexibility index (Phi) is 2.99. The highest BCUT2D eigenvalue weighted by molar-refractivity contribution is 9.09. The monoisotopic (exact) mass is 323 g/mol. The van der Waals surface area contributed by atoms with E-state index < -0.39 is 0 Å². The lowest BCUT2D eigenvalue weighted by Gasteiger charge is -2.24. The Labute approximate surface area is 119 Å². The van der Waals surface area contributed by atoms with E-state index >= 15 is 0 Å². The van der Waals surface area contributed by atoms with Crippen molar-refractivity contribution < 1.29 is 0 Å². The number of aliphatic imine (C=N–C) groups is 2. The van der Waals surface area contributed by atoms with Gasteiger partial charge in [-0.2, -0.15) is 0 Å². The first-order chi connectivity index (χ1) is 8.66. The Balaban J connectivity index is 2.03. The van der Waals surface area contributed by atoms with Crippen molar-refractivity contribution in [3.63, 3.8) is 0 Å². The summed E-state index contributed by atoms with van der Waals surface area (Å²) in [4.78, 5) is 11.1. The number of benzene rings is 1. The van der Waals surface area contributed by atoms with Crippen LogP contribution in [-0.2, 0) is 0 Å². The SMILES string of the molecule is CC1N=C2C(Cl)=NC(c3ccccc3)=CN2C1Br. The van der Waals surface area contributed by atoms with Crippen LogP contribution in [0.3, 0.4) is 0 Å². The van der Waals surface area contributed by atoms with Crippen LogP contribution in [0, 0.1) is 0 Å². The first kappa shape index (κ1) is 11.9. The number of hydrogen-bond acceptors (Lipinski definition) is 3. The summed E-state index contributed by atoms with van der Waals surface area (Å²) in [6.45, 7) is 2.05. The molecule has 3 nitrogen and oxygen atoms in total. The summed E-state index contributed by atoms with van der Waals surface area (Å²) in [7, 11) is 0. The molecule has 0 amide bonds. The largest absolute Gasteiger partial charge is 0.313 e. The summed E-state index contributed by atoms with van der Waals surface area (Å²) < 4.78 is 0. The van der Waals surface area contributed by atoms with Gasteiger partial charge >= 0.3 is 0 Å². The number of rotatable bonds is 1. The highest BCUT2D eigenvalue weighted by Crippen LogP contribution is 2.31. The van der Waals surface area contributed by atoms with Gasteiger partial charge in [0.05, 0.1) is 11.7 Å². The minimum Gasteiger partial charge on any atom is -0.313 e. The third-order valence-corrected chi connectivity index (χ3v) is 4.43. The number of alkyl halides is 1. The molecule has 0 saturated carbocycles. The van der Waals surface area contributed by atoms with Crippen molar-refractivity contribution in [3.8, 4) is 0 Å². The maximum Gasteiger partial charge on any atom is 0.172 e. The second-order valence-corrected chi connectivity index (χ2v) is 5.55. The summed E-state index contributed by atoms with van der Waals surface area (Å²) in [6.07, 6.45) is 1.99. The highest BCUT2D eigenvalue weighted by atomic mass is 79.9. The normalized spacial score (nSPS) is 26.4. The highest BCUT2D eigenvalue weighted by Gasteiger charge is 2.35. The van der Waals surface area contributed by atoms with E-state index in [4.69, 9.17) is 11.6 Å². The Morgan fingerprint density at radius 1 is 1.28 bits per heavy atom. The van der Waals surface area contributed by atoms with E-state index in [2.05, 4.69) is 25.9 Å². The molecular formula is C13H11BrClN3. The molecule has 0 aromatic heterocycles. The molecule has 1 aromatic carbocycles. The van der Waals surface area contributed by atoms with E-state index in [1.165, 1.54) is 0 Å². The fourth-order valence-electron chi connectivity index (χ4n) is 2.03. The van der Waals surface area contributed by atoms with Crippen LogP contribution in [0.4, 0.5) is 0 Å². The smallest absolute Gasteiger partial charge is 0.172 e. The van der Waals surface area contributed by atoms with E-state index in [9.17, 15) is 0 Å². The molecule has 0 saturated heterocycles. The van der Waals surface area contributed by atoms with Gasteiger partial charge < -0.3 is 4.90 Å². The van der Waals surface area contributed by atoms with Crippen molar-refractivity contribution in [1.29, 1.82) is 0 Å². The summed E-state index contributed by atoms with van der Waals surface area (Å²) >= 11 is 9.83. The maximum absolute atomic E-state index is 6.21. The van der Waals surface area contributed by atoms with Crippen LogP contribution in [0.2, 0.25) is 0 Å². The van der Waals surface area contributed by atoms with Gasteiger partial charge in [0.15, 0.2) is 11.0 Å². The van der Waals surface area contributed by atoms with Crippen LogP contribution in [0.15, 0.2) is 46.5 Å². The topological polar surface area (TPSA) is 28.0 Å². The predicted octanol–water partition coefficient (Wildman–Crippen LogP) is 3.46. The molecule has 0 aliphatic carbocycles. The molecule has 0 N–H and O–H groups in total. The Hall–Kier alpha value is -1.13. The molecule has 2 aliphatic rings. The van der Waals surface area contributed by atoms with E-state index in [0.29, 0.717) is 5.17 Å². The summed E-state index contributed by atoms with van der Waals surface area (Å²) in [6, 6.07) is 10.2. The van der Waals surface area contributed by atoms with Gasteiger partial charge in [-0.15, -0.1) is 0 Å². The van der Waals surface area contributed by atoms with Crippen molar-refractivity contribution in [3.05, 3.63) is 42.1 Å².